The monoisotopic (exact) mass is 299 g/mol. The molecule has 1 aromatic carbocycles. The molecular formula is C15H20F3N3. The van der Waals surface area contributed by atoms with Crippen LogP contribution in [0.3, 0.4) is 0 Å². The highest BCUT2D eigenvalue weighted by molar-refractivity contribution is 5.80. The van der Waals surface area contributed by atoms with Crippen molar-refractivity contribution >= 4 is 5.96 Å². The van der Waals surface area contributed by atoms with E-state index in [2.05, 4.69) is 15.6 Å². The van der Waals surface area contributed by atoms with Crippen LogP contribution in [-0.4, -0.2) is 25.1 Å². The Labute approximate surface area is 122 Å². The second-order valence-electron chi connectivity index (χ2n) is 5.12. The van der Waals surface area contributed by atoms with Crippen LogP contribution in [0.2, 0.25) is 0 Å². The molecule has 116 valence electrons. The molecule has 3 nitrogen and oxygen atoms in total. The van der Waals surface area contributed by atoms with E-state index in [1.807, 2.05) is 6.92 Å². The van der Waals surface area contributed by atoms with Gasteiger partial charge in [0.15, 0.2) is 5.96 Å². The van der Waals surface area contributed by atoms with E-state index in [-0.39, 0.29) is 0 Å². The van der Waals surface area contributed by atoms with E-state index >= 15 is 0 Å². The van der Waals surface area contributed by atoms with E-state index < -0.39 is 11.7 Å². The van der Waals surface area contributed by atoms with Gasteiger partial charge in [-0.2, -0.15) is 13.2 Å². The number of halogens is 3. The number of nitrogens with one attached hydrogen (secondary N) is 2. The van der Waals surface area contributed by atoms with Gasteiger partial charge in [-0.1, -0.05) is 12.1 Å². The molecule has 1 aliphatic rings. The van der Waals surface area contributed by atoms with Gasteiger partial charge in [0.1, 0.15) is 0 Å². The highest BCUT2D eigenvalue weighted by atomic mass is 19.4. The number of rotatable bonds is 5. The van der Waals surface area contributed by atoms with Crippen molar-refractivity contribution < 1.29 is 13.2 Å². The van der Waals surface area contributed by atoms with Crippen LogP contribution in [0.5, 0.6) is 0 Å². The summed E-state index contributed by atoms with van der Waals surface area (Å²) in [5.41, 5.74) is 0.243. The number of alkyl halides is 3. The molecule has 0 saturated heterocycles. The zero-order valence-corrected chi connectivity index (χ0v) is 12.0. The summed E-state index contributed by atoms with van der Waals surface area (Å²) >= 11 is 0. The summed E-state index contributed by atoms with van der Waals surface area (Å²) in [5, 5.41) is 6.46. The van der Waals surface area contributed by atoms with Gasteiger partial charge in [0.05, 0.1) is 5.56 Å². The molecule has 1 aliphatic carbocycles. The first-order valence-corrected chi connectivity index (χ1v) is 7.20. The first-order valence-electron chi connectivity index (χ1n) is 7.20. The number of nitrogens with zero attached hydrogens (tertiary/aromatic N) is 1. The third-order valence-corrected chi connectivity index (χ3v) is 3.21. The van der Waals surface area contributed by atoms with E-state index in [0.717, 1.165) is 30.2 Å². The smallest absolute Gasteiger partial charge is 0.357 e. The minimum absolute atomic E-state index is 0.522. The van der Waals surface area contributed by atoms with Crippen molar-refractivity contribution in [3.8, 4) is 0 Å². The fourth-order valence-corrected chi connectivity index (χ4v) is 1.90. The molecule has 1 fully saturated rings. The molecule has 6 heteroatoms. The van der Waals surface area contributed by atoms with Crippen molar-refractivity contribution in [2.45, 2.75) is 38.4 Å². The van der Waals surface area contributed by atoms with E-state index in [4.69, 9.17) is 0 Å². The zero-order chi connectivity index (χ0) is 15.3. The van der Waals surface area contributed by atoms with Gasteiger partial charge in [-0.25, -0.2) is 0 Å². The van der Waals surface area contributed by atoms with Gasteiger partial charge in [-0.3, -0.25) is 4.99 Å². The summed E-state index contributed by atoms with van der Waals surface area (Å²) in [6, 6.07) is 5.78. The highest BCUT2D eigenvalue weighted by Gasteiger charge is 2.29. The Morgan fingerprint density at radius 1 is 1.24 bits per heavy atom. The molecule has 0 aliphatic heterocycles. The number of benzene rings is 1. The topological polar surface area (TPSA) is 36.4 Å². The highest BCUT2D eigenvalue weighted by Crippen LogP contribution is 2.29. The summed E-state index contributed by atoms with van der Waals surface area (Å²) in [7, 11) is 0. The number of aliphatic imine (C=N–C) groups is 1. The minimum atomic E-state index is -4.27. The van der Waals surface area contributed by atoms with Crippen LogP contribution >= 0.6 is 0 Å². The number of guanidine groups is 1. The maximum absolute atomic E-state index is 12.5. The Kier molecular flexibility index (Phi) is 5.09. The fourth-order valence-electron chi connectivity index (χ4n) is 1.90. The molecule has 0 amide bonds. The molecule has 0 atom stereocenters. The summed E-state index contributed by atoms with van der Waals surface area (Å²) in [6.45, 7) is 3.34. The normalized spacial score (nSPS) is 15.9. The van der Waals surface area contributed by atoms with E-state index in [1.54, 1.807) is 0 Å². The van der Waals surface area contributed by atoms with Crippen LogP contribution < -0.4 is 10.6 Å². The molecule has 0 aromatic heterocycles. The first-order chi connectivity index (χ1) is 9.99. The fraction of sp³-hybridized carbons (Fsp3) is 0.533. The lowest BCUT2D eigenvalue weighted by molar-refractivity contribution is -0.137. The molecule has 0 spiro atoms. The Balaban J connectivity index is 1.86. The average Bonchev–Trinajstić information content (AvgIpc) is 3.22. The van der Waals surface area contributed by atoms with Crippen molar-refractivity contribution in [3.63, 3.8) is 0 Å². The second kappa shape index (κ2) is 6.83. The van der Waals surface area contributed by atoms with Crippen LogP contribution in [0, 0.1) is 0 Å². The van der Waals surface area contributed by atoms with E-state index in [9.17, 15) is 13.2 Å². The third kappa shape index (κ3) is 5.28. The minimum Gasteiger partial charge on any atom is -0.357 e. The van der Waals surface area contributed by atoms with Crippen molar-refractivity contribution in [1.29, 1.82) is 0 Å². The lowest BCUT2D eigenvalue weighted by Gasteiger charge is -2.10. The Morgan fingerprint density at radius 3 is 2.43 bits per heavy atom. The van der Waals surface area contributed by atoms with Crippen LogP contribution in [-0.2, 0) is 12.6 Å². The molecule has 2 rings (SSSR count). The molecule has 0 unspecified atom stereocenters. The van der Waals surface area contributed by atoms with E-state index in [1.165, 1.54) is 25.0 Å². The van der Waals surface area contributed by atoms with Crippen LogP contribution in [0.25, 0.3) is 0 Å². The average molecular weight is 299 g/mol. The van der Waals surface area contributed by atoms with E-state index in [0.29, 0.717) is 19.0 Å². The van der Waals surface area contributed by atoms with Gasteiger partial charge in [-0.15, -0.1) is 0 Å². The number of hydrogen-bond acceptors (Lipinski definition) is 1. The molecule has 21 heavy (non-hydrogen) atoms. The van der Waals surface area contributed by atoms with Crippen LogP contribution in [0.4, 0.5) is 13.2 Å². The molecule has 0 bridgehead atoms. The standard InChI is InChI=1S/C15H20F3N3/c1-2-19-14(21-13-7-8-13)20-10-9-11-3-5-12(6-4-11)15(16,17)18/h3-6,13H,2,7-10H2,1H3,(H2,19,20,21). The van der Waals surface area contributed by atoms with Crippen molar-refractivity contribution in [2.24, 2.45) is 4.99 Å². The lowest BCUT2D eigenvalue weighted by Crippen LogP contribution is -2.38. The Morgan fingerprint density at radius 2 is 1.90 bits per heavy atom. The molecule has 0 radical (unpaired) electrons. The maximum Gasteiger partial charge on any atom is 0.416 e. The van der Waals surface area contributed by atoms with Gasteiger partial charge in [0.25, 0.3) is 0 Å². The van der Waals surface area contributed by atoms with Crippen LogP contribution in [0.15, 0.2) is 29.3 Å². The van der Waals surface area contributed by atoms with Gasteiger partial charge >= 0.3 is 6.18 Å². The van der Waals surface area contributed by atoms with Crippen LogP contribution in [0.1, 0.15) is 30.9 Å². The molecule has 1 aromatic rings. The van der Waals surface area contributed by atoms with Crippen molar-refractivity contribution in [1.82, 2.24) is 10.6 Å². The largest absolute Gasteiger partial charge is 0.416 e. The zero-order valence-electron chi connectivity index (χ0n) is 12.0. The molecule has 2 N–H and O–H groups in total. The van der Waals surface area contributed by atoms with Gasteiger partial charge in [0.2, 0.25) is 0 Å². The number of hydrogen-bond donors (Lipinski definition) is 2. The van der Waals surface area contributed by atoms with Crippen molar-refractivity contribution in [3.05, 3.63) is 35.4 Å². The summed E-state index contributed by atoms with van der Waals surface area (Å²) in [4.78, 5) is 4.43. The SMILES string of the molecule is CCNC(=NCCc1ccc(C(F)(F)F)cc1)NC1CC1. The quantitative estimate of drug-likeness (QED) is 0.648. The predicted molar refractivity (Wildman–Crippen MR) is 77.3 cm³/mol. The summed E-state index contributed by atoms with van der Waals surface area (Å²) in [6.07, 6.45) is -1.31. The maximum atomic E-state index is 12.5. The second-order valence-corrected chi connectivity index (χ2v) is 5.12. The lowest BCUT2D eigenvalue weighted by atomic mass is 10.1. The summed E-state index contributed by atoms with van der Waals surface area (Å²) in [5.74, 6) is 0.784. The molecular weight excluding hydrogens is 279 g/mol. The Bertz CT molecular complexity index is 476. The summed E-state index contributed by atoms with van der Waals surface area (Å²) < 4.78 is 37.4. The Hall–Kier alpha value is -1.72. The molecule has 1 saturated carbocycles. The third-order valence-electron chi connectivity index (χ3n) is 3.21. The van der Waals surface area contributed by atoms with Crippen molar-refractivity contribution in [2.75, 3.05) is 13.1 Å². The predicted octanol–water partition coefficient (Wildman–Crippen LogP) is 2.97. The van der Waals surface area contributed by atoms with Gasteiger partial charge in [0, 0.05) is 19.1 Å². The van der Waals surface area contributed by atoms with Gasteiger partial charge in [-0.05, 0) is 43.9 Å². The first kappa shape index (κ1) is 15.7. The molecule has 0 heterocycles. The van der Waals surface area contributed by atoms with Gasteiger partial charge < -0.3 is 10.6 Å².